The molecular weight excluding hydrogens is 294 g/mol. The molecule has 0 aliphatic rings. The summed E-state index contributed by atoms with van der Waals surface area (Å²) >= 11 is 0. The van der Waals surface area contributed by atoms with Gasteiger partial charge in [-0.1, -0.05) is 27.2 Å². The highest BCUT2D eigenvalue weighted by atomic mass is 16.5. The summed E-state index contributed by atoms with van der Waals surface area (Å²) in [6.45, 7) is 11.4. The summed E-state index contributed by atoms with van der Waals surface area (Å²) in [5.74, 6) is -0.165. The number of aromatic nitrogens is 2. The molecule has 1 amide bonds. The Morgan fingerprint density at radius 3 is 2.61 bits per heavy atom. The van der Waals surface area contributed by atoms with Crippen molar-refractivity contribution in [1.82, 2.24) is 15.1 Å². The van der Waals surface area contributed by atoms with Gasteiger partial charge < -0.3 is 10.1 Å². The number of esters is 1. The first-order valence-corrected chi connectivity index (χ1v) is 8.30. The van der Waals surface area contributed by atoms with Gasteiger partial charge in [-0.2, -0.15) is 5.10 Å². The quantitative estimate of drug-likeness (QED) is 0.558. The van der Waals surface area contributed by atoms with E-state index >= 15 is 0 Å². The van der Waals surface area contributed by atoms with Crippen LogP contribution in [0.5, 0.6) is 0 Å². The van der Waals surface area contributed by atoms with Crippen molar-refractivity contribution in [3.8, 4) is 0 Å². The molecule has 1 aromatic rings. The van der Waals surface area contributed by atoms with E-state index in [-0.39, 0.29) is 18.9 Å². The number of hydrogen-bond acceptors (Lipinski definition) is 4. The van der Waals surface area contributed by atoms with Crippen molar-refractivity contribution in [2.24, 2.45) is 5.92 Å². The van der Waals surface area contributed by atoms with Crippen molar-refractivity contribution in [3.63, 3.8) is 0 Å². The molecule has 6 heteroatoms. The molecule has 0 saturated carbocycles. The molecule has 0 radical (unpaired) electrons. The molecule has 0 aromatic carbocycles. The van der Waals surface area contributed by atoms with Gasteiger partial charge in [-0.15, -0.1) is 0 Å². The van der Waals surface area contributed by atoms with Crippen LogP contribution in [0.1, 0.15) is 50.6 Å². The van der Waals surface area contributed by atoms with E-state index in [0.717, 1.165) is 36.3 Å². The molecular formula is C17H29N3O3. The van der Waals surface area contributed by atoms with Gasteiger partial charge >= 0.3 is 5.97 Å². The zero-order valence-corrected chi connectivity index (χ0v) is 14.9. The monoisotopic (exact) mass is 323 g/mol. The van der Waals surface area contributed by atoms with Gasteiger partial charge in [-0.25, -0.2) is 0 Å². The third-order valence-electron chi connectivity index (χ3n) is 3.61. The molecule has 0 aliphatic carbocycles. The number of aryl methyl sites for hydroxylation is 1. The van der Waals surface area contributed by atoms with Crippen molar-refractivity contribution in [3.05, 3.63) is 17.0 Å². The third kappa shape index (κ3) is 6.42. The highest BCUT2D eigenvalue weighted by Crippen LogP contribution is 2.15. The van der Waals surface area contributed by atoms with Gasteiger partial charge in [0.2, 0.25) is 0 Å². The fraction of sp³-hybridized carbons (Fsp3) is 0.706. The average molecular weight is 323 g/mol. The predicted octanol–water partition coefficient (Wildman–Crippen LogP) is 2.16. The summed E-state index contributed by atoms with van der Waals surface area (Å²) in [6, 6.07) is 0. The maximum absolute atomic E-state index is 11.9. The topological polar surface area (TPSA) is 73.2 Å². The number of hydrogen-bond donors (Lipinski definition) is 1. The Balaban J connectivity index is 2.51. The molecule has 1 heterocycles. The maximum Gasteiger partial charge on any atom is 0.310 e. The van der Waals surface area contributed by atoms with Gasteiger partial charge in [0.05, 0.1) is 12.1 Å². The number of rotatable bonds is 9. The van der Waals surface area contributed by atoms with E-state index < -0.39 is 5.97 Å². The van der Waals surface area contributed by atoms with Crippen LogP contribution in [0.4, 0.5) is 0 Å². The van der Waals surface area contributed by atoms with E-state index in [1.165, 1.54) is 0 Å². The minimum Gasteiger partial charge on any atom is -0.455 e. The van der Waals surface area contributed by atoms with Crippen molar-refractivity contribution < 1.29 is 14.3 Å². The van der Waals surface area contributed by atoms with Crippen LogP contribution in [-0.2, 0) is 27.3 Å². The summed E-state index contributed by atoms with van der Waals surface area (Å²) in [6.07, 6.45) is 2.09. The molecule has 0 unspecified atom stereocenters. The molecule has 130 valence electrons. The molecule has 0 saturated heterocycles. The lowest BCUT2D eigenvalue weighted by Crippen LogP contribution is -2.29. The van der Waals surface area contributed by atoms with E-state index in [4.69, 9.17) is 4.74 Å². The Bertz CT molecular complexity index is 535. The Hall–Kier alpha value is -1.85. The molecule has 0 aliphatic heterocycles. The molecule has 0 bridgehead atoms. The van der Waals surface area contributed by atoms with Gasteiger partial charge in [0.1, 0.15) is 0 Å². The minimum atomic E-state index is -0.397. The number of nitrogens with one attached hydrogen (secondary N) is 1. The van der Waals surface area contributed by atoms with Crippen LogP contribution in [0.15, 0.2) is 0 Å². The Morgan fingerprint density at radius 2 is 2.00 bits per heavy atom. The zero-order valence-electron chi connectivity index (χ0n) is 14.9. The molecule has 1 N–H and O–H groups in total. The third-order valence-corrected chi connectivity index (χ3v) is 3.61. The number of amides is 1. The molecule has 6 nitrogen and oxygen atoms in total. The lowest BCUT2D eigenvalue weighted by Gasteiger charge is -2.08. The second kappa shape index (κ2) is 9.33. The van der Waals surface area contributed by atoms with Crippen LogP contribution in [0.2, 0.25) is 0 Å². The van der Waals surface area contributed by atoms with Crippen molar-refractivity contribution in [2.75, 3.05) is 13.2 Å². The van der Waals surface area contributed by atoms with Gasteiger partial charge in [-0.05, 0) is 26.2 Å². The Morgan fingerprint density at radius 1 is 1.30 bits per heavy atom. The first-order valence-electron chi connectivity index (χ1n) is 8.30. The fourth-order valence-electron chi connectivity index (χ4n) is 2.31. The van der Waals surface area contributed by atoms with E-state index in [2.05, 4.69) is 31.2 Å². The van der Waals surface area contributed by atoms with Crippen LogP contribution in [0, 0.1) is 19.8 Å². The smallest absolute Gasteiger partial charge is 0.310 e. The molecule has 0 fully saturated rings. The first-order chi connectivity index (χ1) is 10.8. The summed E-state index contributed by atoms with van der Waals surface area (Å²) in [7, 11) is 0. The van der Waals surface area contributed by atoms with Crippen molar-refractivity contribution in [2.45, 2.75) is 60.4 Å². The van der Waals surface area contributed by atoms with Gasteiger partial charge in [0.25, 0.3) is 5.91 Å². The van der Waals surface area contributed by atoms with E-state index in [0.29, 0.717) is 12.5 Å². The second-order valence-corrected chi connectivity index (χ2v) is 6.27. The standard InChI is InChI=1S/C17H29N3O3/c1-6-7-8-18-16(21)11-23-17(22)9-15-13(4)19-20(14(15)5)10-12(2)3/h12H,6-11H2,1-5H3,(H,18,21). The van der Waals surface area contributed by atoms with E-state index in [1.54, 1.807) is 0 Å². The lowest BCUT2D eigenvalue weighted by molar-refractivity contribution is -0.147. The van der Waals surface area contributed by atoms with Gasteiger partial charge in [0.15, 0.2) is 6.61 Å². The Kier molecular flexibility index (Phi) is 7.78. The molecule has 0 atom stereocenters. The predicted molar refractivity (Wildman–Crippen MR) is 89.1 cm³/mol. The highest BCUT2D eigenvalue weighted by molar-refractivity contribution is 5.81. The SMILES string of the molecule is CCCCNC(=O)COC(=O)Cc1c(C)nn(CC(C)C)c1C. The first kappa shape index (κ1) is 19.2. The number of ether oxygens (including phenoxy) is 1. The largest absolute Gasteiger partial charge is 0.455 e. The Labute approximate surface area is 138 Å². The molecule has 1 rings (SSSR count). The number of nitrogens with zero attached hydrogens (tertiary/aromatic N) is 2. The fourth-order valence-corrected chi connectivity index (χ4v) is 2.31. The van der Waals surface area contributed by atoms with Crippen LogP contribution < -0.4 is 5.32 Å². The van der Waals surface area contributed by atoms with Gasteiger partial charge in [-0.3, -0.25) is 14.3 Å². The van der Waals surface area contributed by atoms with Crippen LogP contribution >= 0.6 is 0 Å². The lowest BCUT2D eigenvalue weighted by atomic mass is 10.1. The number of carbonyl (C=O) groups excluding carboxylic acids is 2. The van der Waals surface area contributed by atoms with Crippen molar-refractivity contribution >= 4 is 11.9 Å². The summed E-state index contributed by atoms with van der Waals surface area (Å²) < 4.78 is 6.98. The summed E-state index contributed by atoms with van der Waals surface area (Å²) in [5.41, 5.74) is 2.72. The maximum atomic E-state index is 11.9. The second-order valence-electron chi connectivity index (χ2n) is 6.27. The van der Waals surface area contributed by atoms with Gasteiger partial charge in [0, 0.05) is 24.3 Å². The van der Waals surface area contributed by atoms with E-state index in [9.17, 15) is 9.59 Å². The normalized spacial score (nSPS) is 10.9. The van der Waals surface area contributed by atoms with Crippen molar-refractivity contribution in [1.29, 1.82) is 0 Å². The number of unbranched alkanes of at least 4 members (excludes halogenated alkanes) is 1. The molecule has 23 heavy (non-hydrogen) atoms. The van der Waals surface area contributed by atoms with Crippen LogP contribution in [-0.4, -0.2) is 34.8 Å². The molecule has 0 spiro atoms. The van der Waals surface area contributed by atoms with Crippen LogP contribution in [0.25, 0.3) is 0 Å². The van der Waals surface area contributed by atoms with Crippen LogP contribution in [0.3, 0.4) is 0 Å². The minimum absolute atomic E-state index is 0.151. The van der Waals surface area contributed by atoms with E-state index in [1.807, 2.05) is 18.5 Å². The molecule has 1 aromatic heterocycles. The zero-order chi connectivity index (χ0) is 17.4. The summed E-state index contributed by atoms with van der Waals surface area (Å²) in [4.78, 5) is 23.5. The number of carbonyl (C=O) groups is 2. The highest BCUT2D eigenvalue weighted by Gasteiger charge is 2.17. The average Bonchev–Trinajstić information content (AvgIpc) is 2.72. The summed E-state index contributed by atoms with van der Waals surface area (Å²) in [5, 5.41) is 7.20.